The summed E-state index contributed by atoms with van der Waals surface area (Å²) < 4.78 is 14.5. The second kappa shape index (κ2) is 11.2. The van der Waals surface area contributed by atoms with Crippen molar-refractivity contribution in [2.75, 3.05) is 32.1 Å². The fraction of sp³-hybridized carbons (Fsp3) is 0.136. The van der Waals surface area contributed by atoms with E-state index in [1.54, 1.807) is 18.2 Å². The van der Waals surface area contributed by atoms with Crippen molar-refractivity contribution in [3.8, 4) is 5.75 Å². The van der Waals surface area contributed by atoms with Gasteiger partial charge in [-0.2, -0.15) is 0 Å². The number of aromatic nitrogens is 2. The van der Waals surface area contributed by atoms with E-state index in [1.165, 1.54) is 31.4 Å². The molecule has 186 valence electrons. The first-order valence-corrected chi connectivity index (χ1v) is 10.1. The van der Waals surface area contributed by atoms with Gasteiger partial charge in [0, 0.05) is 5.69 Å². The lowest BCUT2D eigenvalue weighted by atomic mass is 10.1. The molecule has 0 saturated carbocycles. The molecular weight excluding hydrogens is 476 g/mol. The van der Waals surface area contributed by atoms with Gasteiger partial charge in [0.25, 0.3) is 5.91 Å². The van der Waals surface area contributed by atoms with Crippen LogP contribution in [0.25, 0.3) is 0 Å². The van der Waals surface area contributed by atoms with Gasteiger partial charge in [0.2, 0.25) is 11.6 Å². The lowest BCUT2D eigenvalue weighted by molar-refractivity contribution is -0.383. The number of rotatable bonds is 9. The molecule has 3 rings (SSSR count). The van der Waals surface area contributed by atoms with Crippen LogP contribution < -0.4 is 20.9 Å². The Labute approximate surface area is 203 Å². The third kappa shape index (κ3) is 5.61. The zero-order valence-electron chi connectivity index (χ0n) is 19.2. The minimum atomic E-state index is -0.773. The van der Waals surface area contributed by atoms with E-state index in [9.17, 15) is 24.5 Å². The maximum absolute atomic E-state index is 12.5. The number of carbonyl (C=O) groups excluding carboxylic acids is 3. The fourth-order valence-electron chi connectivity index (χ4n) is 3.06. The van der Waals surface area contributed by atoms with Crippen molar-refractivity contribution in [3.63, 3.8) is 0 Å². The monoisotopic (exact) mass is 496 g/mol. The number of para-hydroxylation sites is 1. The first-order valence-electron chi connectivity index (χ1n) is 10.1. The number of hydrazine groups is 1. The molecule has 0 fully saturated rings. The Hall–Kier alpha value is -5.27. The maximum atomic E-state index is 12.5. The highest BCUT2D eigenvalue weighted by atomic mass is 16.6. The van der Waals surface area contributed by atoms with Gasteiger partial charge in [0.15, 0.2) is 0 Å². The average molecular weight is 496 g/mol. The number of hydrogen-bond acceptors (Lipinski definition) is 12. The van der Waals surface area contributed by atoms with Crippen LogP contribution in [-0.2, 0) is 9.47 Å². The summed E-state index contributed by atoms with van der Waals surface area (Å²) in [7, 11) is 3.72. The third-order valence-corrected chi connectivity index (χ3v) is 4.69. The maximum Gasteiger partial charge on any atom is 0.355 e. The molecule has 1 heterocycles. The molecule has 14 heteroatoms. The van der Waals surface area contributed by atoms with Crippen molar-refractivity contribution in [3.05, 3.63) is 75.6 Å². The zero-order valence-corrected chi connectivity index (χ0v) is 19.2. The van der Waals surface area contributed by atoms with Crippen LogP contribution in [0.4, 0.5) is 23.0 Å². The largest absolute Gasteiger partial charge is 0.496 e. The van der Waals surface area contributed by atoms with Gasteiger partial charge < -0.3 is 19.5 Å². The number of esters is 2. The minimum Gasteiger partial charge on any atom is -0.496 e. The van der Waals surface area contributed by atoms with Crippen LogP contribution in [0, 0.1) is 10.1 Å². The van der Waals surface area contributed by atoms with Crippen molar-refractivity contribution < 1.29 is 33.5 Å². The molecule has 1 aromatic heterocycles. The van der Waals surface area contributed by atoms with E-state index in [4.69, 9.17) is 4.74 Å². The second-order valence-corrected chi connectivity index (χ2v) is 6.86. The van der Waals surface area contributed by atoms with Gasteiger partial charge in [-0.25, -0.2) is 19.6 Å². The first kappa shape index (κ1) is 25.4. The van der Waals surface area contributed by atoms with Gasteiger partial charge in [-0.3, -0.25) is 25.8 Å². The normalized spacial score (nSPS) is 10.1. The van der Waals surface area contributed by atoms with Gasteiger partial charge >= 0.3 is 17.6 Å². The van der Waals surface area contributed by atoms with Crippen LogP contribution in [0.15, 0.2) is 48.8 Å². The highest BCUT2D eigenvalue weighted by Gasteiger charge is 2.25. The molecule has 2 aromatic carbocycles. The summed E-state index contributed by atoms with van der Waals surface area (Å²) in [5.41, 5.74) is 4.37. The van der Waals surface area contributed by atoms with Crippen molar-refractivity contribution >= 4 is 40.9 Å². The molecule has 0 saturated heterocycles. The van der Waals surface area contributed by atoms with E-state index in [0.717, 1.165) is 20.5 Å². The SMILES string of the molecule is COC(=O)c1cc(Nc2ncnc(NNC(=O)c3ccccc3OC)c2[N+](=O)[O-])cc(C(=O)OC)c1. The number of carbonyl (C=O) groups is 3. The molecule has 0 aliphatic heterocycles. The Bertz CT molecular complexity index is 1300. The van der Waals surface area contributed by atoms with E-state index < -0.39 is 28.5 Å². The van der Waals surface area contributed by atoms with Crippen LogP contribution in [0.2, 0.25) is 0 Å². The molecule has 0 unspecified atom stereocenters. The van der Waals surface area contributed by atoms with E-state index >= 15 is 0 Å². The number of hydrogen-bond donors (Lipinski definition) is 3. The Balaban J connectivity index is 1.93. The number of nitro groups is 1. The van der Waals surface area contributed by atoms with Crippen molar-refractivity contribution in [2.45, 2.75) is 0 Å². The molecule has 0 radical (unpaired) electrons. The van der Waals surface area contributed by atoms with Gasteiger partial charge in [-0.1, -0.05) is 12.1 Å². The number of nitrogens with zero attached hydrogens (tertiary/aromatic N) is 3. The van der Waals surface area contributed by atoms with E-state index in [1.807, 2.05) is 0 Å². The predicted molar refractivity (Wildman–Crippen MR) is 125 cm³/mol. The first-order chi connectivity index (χ1) is 17.3. The van der Waals surface area contributed by atoms with Crippen LogP contribution in [0.5, 0.6) is 5.75 Å². The van der Waals surface area contributed by atoms with Crippen LogP contribution in [0.3, 0.4) is 0 Å². The molecule has 1 amide bonds. The molecule has 3 aromatic rings. The molecule has 0 atom stereocenters. The number of anilines is 3. The third-order valence-electron chi connectivity index (χ3n) is 4.69. The molecule has 0 aliphatic rings. The standard InChI is InChI=1S/C22H20N6O8/c1-34-16-7-5-4-6-15(16)20(29)27-26-19-17(28(32)33)18(23-11-24-19)25-14-9-12(21(30)35-2)8-13(10-14)22(31)36-3/h4-11H,1-3H3,(H,27,29)(H2,23,24,25,26). The van der Waals surface area contributed by atoms with Crippen LogP contribution in [0.1, 0.15) is 31.1 Å². The summed E-state index contributed by atoms with van der Waals surface area (Å²) in [5, 5.41) is 14.5. The highest BCUT2D eigenvalue weighted by molar-refractivity contribution is 5.98. The molecule has 0 aliphatic carbocycles. The summed E-state index contributed by atoms with van der Waals surface area (Å²) >= 11 is 0. The number of benzene rings is 2. The quantitative estimate of drug-likeness (QED) is 0.224. The van der Waals surface area contributed by atoms with E-state index in [2.05, 4.69) is 35.6 Å². The predicted octanol–water partition coefficient (Wildman–Crippen LogP) is 2.47. The second-order valence-electron chi connectivity index (χ2n) is 6.86. The van der Waals surface area contributed by atoms with Crippen LogP contribution in [-0.4, -0.2) is 54.1 Å². The Kier molecular flexibility index (Phi) is 7.91. The average Bonchev–Trinajstić information content (AvgIpc) is 2.90. The van der Waals surface area contributed by atoms with E-state index in [0.29, 0.717) is 5.75 Å². The summed E-state index contributed by atoms with van der Waals surface area (Å²) in [6.07, 6.45) is 1.01. The lowest BCUT2D eigenvalue weighted by Gasteiger charge is -2.13. The summed E-state index contributed by atoms with van der Waals surface area (Å²) in [6.45, 7) is 0. The van der Waals surface area contributed by atoms with E-state index in [-0.39, 0.29) is 34.0 Å². The van der Waals surface area contributed by atoms with Gasteiger partial charge in [-0.05, 0) is 30.3 Å². The lowest BCUT2D eigenvalue weighted by Crippen LogP contribution is -2.30. The Morgan fingerprint density at radius 2 is 1.53 bits per heavy atom. The molecule has 14 nitrogen and oxygen atoms in total. The molecule has 0 bridgehead atoms. The molecule has 3 N–H and O–H groups in total. The smallest absolute Gasteiger partial charge is 0.355 e. The number of amides is 1. The molecular formula is C22H20N6O8. The van der Waals surface area contributed by atoms with Gasteiger partial charge in [0.1, 0.15) is 12.1 Å². The molecule has 0 spiro atoms. The Morgan fingerprint density at radius 3 is 2.11 bits per heavy atom. The fourth-order valence-corrected chi connectivity index (χ4v) is 3.06. The summed E-state index contributed by atoms with van der Waals surface area (Å²) in [6, 6.07) is 10.2. The van der Waals surface area contributed by atoms with Gasteiger partial charge in [0.05, 0.1) is 42.9 Å². The summed E-state index contributed by atoms with van der Waals surface area (Å²) in [5.74, 6) is -2.46. The minimum absolute atomic E-state index is 0.0120. The van der Waals surface area contributed by atoms with Crippen LogP contribution >= 0.6 is 0 Å². The number of methoxy groups -OCH3 is 3. The van der Waals surface area contributed by atoms with Gasteiger partial charge in [-0.15, -0.1) is 0 Å². The topological polar surface area (TPSA) is 184 Å². The highest BCUT2D eigenvalue weighted by Crippen LogP contribution is 2.31. The molecule has 36 heavy (non-hydrogen) atoms. The number of nitrogens with one attached hydrogen (secondary N) is 3. The van der Waals surface area contributed by atoms with Crippen molar-refractivity contribution in [1.29, 1.82) is 0 Å². The number of ether oxygens (including phenoxy) is 3. The zero-order chi connectivity index (χ0) is 26.2. The van der Waals surface area contributed by atoms with Crippen molar-refractivity contribution in [2.24, 2.45) is 0 Å². The Morgan fingerprint density at radius 1 is 0.917 bits per heavy atom. The van der Waals surface area contributed by atoms with Crippen molar-refractivity contribution in [1.82, 2.24) is 15.4 Å². The summed E-state index contributed by atoms with van der Waals surface area (Å²) in [4.78, 5) is 55.4.